The summed E-state index contributed by atoms with van der Waals surface area (Å²) in [4.78, 5) is 26.9. The zero-order chi connectivity index (χ0) is 18.5. The second kappa shape index (κ2) is 9.39. The van der Waals surface area contributed by atoms with Crippen molar-refractivity contribution < 1.29 is 14.3 Å². The zero-order valence-corrected chi connectivity index (χ0v) is 16.1. The SMILES string of the molecule is COc1ccc(C(=O)N2CCCC2)cc1NC(=O)c1ccc(CN)cc1.Cl. The summed E-state index contributed by atoms with van der Waals surface area (Å²) in [6.07, 6.45) is 2.06. The van der Waals surface area contributed by atoms with Gasteiger partial charge in [0.05, 0.1) is 12.8 Å². The molecule has 2 aromatic carbocycles. The van der Waals surface area contributed by atoms with E-state index in [-0.39, 0.29) is 24.2 Å². The summed E-state index contributed by atoms with van der Waals surface area (Å²) in [5.74, 6) is 0.223. The van der Waals surface area contributed by atoms with Crippen LogP contribution in [0.25, 0.3) is 0 Å². The van der Waals surface area contributed by atoms with Crippen molar-refractivity contribution in [3.05, 3.63) is 59.2 Å². The first-order valence-corrected chi connectivity index (χ1v) is 8.70. The van der Waals surface area contributed by atoms with E-state index in [1.54, 1.807) is 30.3 Å². The summed E-state index contributed by atoms with van der Waals surface area (Å²) in [7, 11) is 1.53. The van der Waals surface area contributed by atoms with E-state index in [0.717, 1.165) is 31.5 Å². The van der Waals surface area contributed by atoms with E-state index in [1.807, 2.05) is 17.0 Å². The maximum atomic E-state index is 12.6. The average molecular weight is 390 g/mol. The second-order valence-corrected chi connectivity index (χ2v) is 6.27. The minimum Gasteiger partial charge on any atom is -0.495 e. The van der Waals surface area contributed by atoms with Gasteiger partial charge in [-0.2, -0.15) is 0 Å². The minimum atomic E-state index is -0.266. The molecule has 27 heavy (non-hydrogen) atoms. The molecule has 1 heterocycles. The van der Waals surface area contributed by atoms with Crippen molar-refractivity contribution >= 4 is 29.9 Å². The first-order chi connectivity index (χ1) is 12.6. The molecule has 1 aliphatic rings. The quantitative estimate of drug-likeness (QED) is 0.823. The van der Waals surface area contributed by atoms with Gasteiger partial charge in [-0.1, -0.05) is 12.1 Å². The van der Waals surface area contributed by atoms with Crippen molar-refractivity contribution in [2.45, 2.75) is 19.4 Å². The summed E-state index contributed by atoms with van der Waals surface area (Å²) < 4.78 is 5.32. The number of carbonyl (C=O) groups is 2. The van der Waals surface area contributed by atoms with E-state index in [2.05, 4.69) is 5.32 Å². The Bertz CT molecular complexity index is 803. The molecule has 2 aromatic rings. The van der Waals surface area contributed by atoms with Crippen LogP contribution in [-0.4, -0.2) is 36.9 Å². The largest absolute Gasteiger partial charge is 0.495 e. The number of ether oxygens (including phenoxy) is 1. The Hall–Kier alpha value is -2.57. The molecule has 0 spiro atoms. The van der Waals surface area contributed by atoms with E-state index >= 15 is 0 Å². The predicted molar refractivity (Wildman–Crippen MR) is 108 cm³/mol. The van der Waals surface area contributed by atoms with Crippen LogP contribution in [0.3, 0.4) is 0 Å². The fraction of sp³-hybridized carbons (Fsp3) is 0.300. The average Bonchev–Trinajstić information content (AvgIpc) is 3.22. The summed E-state index contributed by atoms with van der Waals surface area (Å²) in [6.45, 7) is 1.98. The third-order valence-corrected chi connectivity index (χ3v) is 4.54. The predicted octanol–water partition coefficient (Wildman–Crippen LogP) is 3.06. The van der Waals surface area contributed by atoms with Crippen molar-refractivity contribution in [2.24, 2.45) is 5.73 Å². The van der Waals surface area contributed by atoms with E-state index in [4.69, 9.17) is 10.5 Å². The molecule has 1 aliphatic heterocycles. The number of rotatable bonds is 5. The minimum absolute atomic E-state index is 0. The van der Waals surface area contributed by atoms with Gasteiger partial charge in [0.2, 0.25) is 0 Å². The molecule has 3 N–H and O–H groups in total. The van der Waals surface area contributed by atoms with Crippen LogP contribution in [0.2, 0.25) is 0 Å². The Morgan fingerprint density at radius 3 is 2.30 bits per heavy atom. The Morgan fingerprint density at radius 2 is 1.70 bits per heavy atom. The molecule has 0 atom stereocenters. The third kappa shape index (κ3) is 4.78. The van der Waals surface area contributed by atoms with Gasteiger partial charge in [-0.05, 0) is 48.7 Å². The smallest absolute Gasteiger partial charge is 0.255 e. The highest BCUT2D eigenvalue weighted by atomic mass is 35.5. The molecule has 144 valence electrons. The number of amides is 2. The van der Waals surface area contributed by atoms with Crippen molar-refractivity contribution in [1.29, 1.82) is 0 Å². The van der Waals surface area contributed by atoms with Gasteiger partial charge >= 0.3 is 0 Å². The molecule has 0 bridgehead atoms. The number of anilines is 1. The van der Waals surface area contributed by atoms with Gasteiger partial charge in [-0.25, -0.2) is 0 Å². The Balaban J connectivity index is 0.00000261. The van der Waals surface area contributed by atoms with Gasteiger partial charge in [0.1, 0.15) is 5.75 Å². The number of halogens is 1. The van der Waals surface area contributed by atoms with Crippen molar-refractivity contribution in [1.82, 2.24) is 4.90 Å². The topological polar surface area (TPSA) is 84.7 Å². The van der Waals surface area contributed by atoms with Gasteiger partial charge in [0.15, 0.2) is 0 Å². The Morgan fingerprint density at radius 1 is 1.07 bits per heavy atom. The number of likely N-dealkylation sites (tertiary alicyclic amines) is 1. The van der Waals surface area contributed by atoms with Gasteiger partial charge in [0.25, 0.3) is 11.8 Å². The van der Waals surface area contributed by atoms with Crippen LogP contribution in [-0.2, 0) is 6.54 Å². The van der Waals surface area contributed by atoms with E-state index < -0.39 is 0 Å². The van der Waals surface area contributed by atoms with Crippen molar-refractivity contribution in [3.8, 4) is 5.75 Å². The molecule has 7 heteroatoms. The van der Waals surface area contributed by atoms with E-state index in [9.17, 15) is 9.59 Å². The highest BCUT2D eigenvalue weighted by molar-refractivity contribution is 6.06. The number of carbonyl (C=O) groups excluding carboxylic acids is 2. The Labute approximate surface area is 165 Å². The van der Waals surface area contributed by atoms with Crippen LogP contribution in [0.1, 0.15) is 39.1 Å². The standard InChI is InChI=1S/C20H23N3O3.ClH/c1-26-18-9-8-16(20(25)23-10-2-3-11-23)12-17(18)22-19(24)15-6-4-14(13-21)5-7-15;/h4-9,12H,2-3,10-11,13,21H2,1H3,(H,22,24);1H. The van der Waals surface area contributed by atoms with Crippen LogP contribution in [0, 0.1) is 0 Å². The fourth-order valence-electron chi connectivity index (χ4n) is 3.03. The van der Waals surface area contributed by atoms with Crippen LogP contribution < -0.4 is 15.8 Å². The highest BCUT2D eigenvalue weighted by Gasteiger charge is 2.21. The molecule has 1 saturated heterocycles. The summed E-state index contributed by atoms with van der Waals surface area (Å²) in [5, 5.41) is 2.84. The highest BCUT2D eigenvalue weighted by Crippen LogP contribution is 2.27. The third-order valence-electron chi connectivity index (χ3n) is 4.54. The molecular weight excluding hydrogens is 366 g/mol. The van der Waals surface area contributed by atoms with Crippen molar-refractivity contribution in [2.75, 3.05) is 25.5 Å². The van der Waals surface area contributed by atoms with Crippen LogP contribution in [0.4, 0.5) is 5.69 Å². The molecule has 0 aromatic heterocycles. The number of hydrogen-bond donors (Lipinski definition) is 2. The van der Waals surface area contributed by atoms with Crippen LogP contribution in [0.15, 0.2) is 42.5 Å². The molecule has 3 rings (SSSR count). The number of hydrogen-bond acceptors (Lipinski definition) is 4. The fourth-order valence-corrected chi connectivity index (χ4v) is 3.03. The molecule has 2 amide bonds. The van der Waals surface area contributed by atoms with Crippen LogP contribution >= 0.6 is 12.4 Å². The van der Waals surface area contributed by atoms with E-state index in [0.29, 0.717) is 29.1 Å². The Kier molecular flexibility index (Phi) is 7.21. The summed E-state index contributed by atoms with van der Waals surface area (Å²) in [6, 6.07) is 12.2. The lowest BCUT2D eigenvalue weighted by atomic mass is 10.1. The van der Waals surface area contributed by atoms with E-state index in [1.165, 1.54) is 7.11 Å². The lowest BCUT2D eigenvalue weighted by Gasteiger charge is -2.17. The maximum Gasteiger partial charge on any atom is 0.255 e. The maximum absolute atomic E-state index is 12.6. The lowest BCUT2D eigenvalue weighted by molar-refractivity contribution is 0.0792. The molecule has 0 radical (unpaired) electrons. The first kappa shape index (κ1) is 20.7. The molecule has 0 saturated carbocycles. The number of nitrogens with one attached hydrogen (secondary N) is 1. The molecule has 0 unspecified atom stereocenters. The number of benzene rings is 2. The zero-order valence-electron chi connectivity index (χ0n) is 15.2. The number of methoxy groups -OCH3 is 1. The lowest BCUT2D eigenvalue weighted by Crippen LogP contribution is -2.27. The molecule has 1 fully saturated rings. The summed E-state index contributed by atoms with van der Waals surface area (Å²) in [5.41, 5.74) is 8.07. The van der Waals surface area contributed by atoms with Gasteiger partial charge in [-0.3, -0.25) is 9.59 Å². The number of nitrogens with zero attached hydrogens (tertiary/aromatic N) is 1. The first-order valence-electron chi connectivity index (χ1n) is 8.70. The number of nitrogens with two attached hydrogens (primary N) is 1. The van der Waals surface area contributed by atoms with Gasteiger partial charge < -0.3 is 20.7 Å². The summed E-state index contributed by atoms with van der Waals surface area (Å²) >= 11 is 0. The van der Waals surface area contributed by atoms with Crippen molar-refractivity contribution in [3.63, 3.8) is 0 Å². The van der Waals surface area contributed by atoms with Gasteiger partial charge in [0, 0.05) is 30.8 Å². The second-order valence-electron chi connectivity index (χ2n) is 6.27. The van der Waals surface area contributed by atoms with Crippen LogP contribution in [0.5, 0.6) is 5.75 Å². The normalized spacial score (nSPS) is 13.0. The molecule has 6 nitrogen and oxygen atoms in total. The molecular formula is C20H24ClN3O3. The molecule has 0 aliphatic carbocycles. The van der Waals surface area contributed by atoms with Gasteiger partial charge in [-0.15, -0.1) is 12.4 Å². The monoisotopic (exact) mass is 389 g/mol.